The fourth-order valence-electron chi connectivity index (χ4n) is 2.44. The molecular weight excluding hydrogens is 316 g/mol. The van der Waals surface area contributed by atoms with Gasteiger partial charge in [-0.2, -0.15) is 0 Å². The average molecular weight is 340 g/mol. The topological polar surface area (TPSA) is 67.4 Å². The Morgan fingerprint density at radius 2 is 1.68 bits per heavy atom. The van der Waals surface area contributed by atoms with Crippen LogP contribution in [0.25, 0.3) is 0 Å². The zero-order valence-corrected chi connectivity index (χ0v) is 14.7. The molecule has 2 rings (SSSR count). The van der Waals surface area contributed by atoms with E-state index in [1.165, 1.54) is 0 Å². The summed E-state index contributed by atoms with van der Waals surface area (Å²) in [6.45, 7) is 2.48. The molecule has 0 unspecified atom stereocenters. The van der Waals surface area contributed by atoms with E-state index >= 15 is 0 Å². The molecule has 2 aromatic rings. The molecule has 0 bridgehead atoms. The Labute approximate surface area is 148 Å². The number of rotatable bonds is 8. The second kappa shape index (κ2) is 9.47. The minimum absolute atomic E-state index is 0.0172. The van der Waals surface area contributed by atoms with Crippen molar-refractivity contribution in [1.82, 2.24) is 10.6 Å². The maximum absolute atomic E-state index is 11.9. The normalized spacial score (nSPS) is 10.2. The number of methoxy groups -OCH3 is 1. The van der Waals surface area contributed by atoms with E-state index in [1.54, 1.807) is 7.11 Å². The Hall–Kier alpha value is -2.82. The lowest BCUT2D eigenvalue weighted by molar-refractivity contribution is -0.125. The van der Waals surface area contributed by atoms with Crippen molar-refractivity contribution in [3.8, 4) is 5.75 Å². The Morgan fingerprint density at radius 1 is 0.960 bits per heavy atom. The van der Waals surface area contributed by atoms with Crippen molar-refractivity contribution >= 4 is 11.8 Å². The smallest absolute Gasteiger partial charge is 0.239 e. The number of carbonyl (C=O) groups is 2. The third-order valence-electron chi connectivity index (χ3n) is 3.84. The van der Waals surface area contributed by atoms with E-state index in [4.69, 9.17) is 4.74 Å². The molecule has 0 aliphatic carbocycles. The number of amides is 2. The van der Waals surface area contributed by atoms with Crippen LogP contribution in [0, 0.1) is 6.92 Å². The van der Waals surface area contributed by atoms with Crippen molar-refractivity contribution in [2.24, 2.45) is 0 Å². The SMILES string of the molecule is COc1ccccc1CCNC(=O)CNC(=O)Cc1ccc(C)cc1. The lowest BCUT2D eigenvalue weighted by Gasteiger charge is -2.10. The molecule has 0 spiro atoms. The van der Waals surface area contributed by atoms with E-state index < -0.39 is 0 Å². The Bertz CT molecular complexity index is 711. The molecule has 5 heteroatoms. The number of carbonyl (C=O) groups excluding carboxylic acids is 2. The maximum Gasteiger partial charge on any atom is 0.239 e. The lowest BCUT2D eigenvalue weighted by atomic mass is 10.1. The quantitative estimate of drug-likeness (QED) is 0.773. The number of hydrogen-bond acceptors (Lipinski definition) is 3. The molecule has 0 fully saturated rings. The fraction of sp³-hybridized carbons (Fsp3) is 0.300. The minimum Gasteiger partial charge on any atom is -0.496 e. The zero-order valence-electron chi connectivity index (χ0n) is 14.7. The first-order valence-corrected chi connectivity index (χ1v) is 8.29. The van der Waals surface area contributed by atoms with E-state index in [0.29, 0.717) is 13.0 Å². The van der Waals surface area contributed by atoms with Crippen LogP contribution in [-0.2, 0) is 22.4 Å². The van der Waals surface area contributed by atoms with Gasteiger partial charge in [-0.25, -0.2) is 0 Å². The first-order chi connectivity index (χ1) is 12.1. The van der Waals surface area contributed by atoms with Crippen LogP contribution >= 0.6 is 0 Å². The summed E-state index contributed by atoms with van der Waals surface area (Å²) in [5.74, 6) is 0.444. The van der Waals surface area contributed by atoms with Gasteiger partial charge in [0.25, 0.3) is 0 Å². The molecule has 5 nitrogen and oxygen atoms in total. The highest BCUT2D eigenvalue weighted by atomic mass is 16.5. The molecule has 0 saturated carbocycles. The summed E-state index contributed by atoms with van der Waals surface area (Å²) in [6.07, 6.45) is 0.946. The summed E-state index contributed by atoms with van der Waals surface area (Å²) in [6, 6.07) is 15.5. The van der Waals surface area contributed by atoms with Gasteiger partial charge in [0.2, 0.25) is 11.8 Å². The Balaban J connectivity index is 1.68. The van der Waals surface area contributed by atoms with Crippen LogP contribution in [0.15, 0.2) is 48.5 Å². The van der Waals surface area contributed by atoms with Crippen molar-refractivity contribution in [1.29, 1.82) is 0 Å². The third-order valence-corrected chi connectivity index (χ3v) is 3.84. The molecule has 2 N–H and O–H groups in total. The highest BCUT2D eigenvalue weighted by Crippen LogP contribution is 2.17. The first-order valence-electron chi connectivity index (χ1n) is 8.29. The van der Waals surface area contributed by atoms with Gasteiger partial charge in [0.1, 0.15) is 5.75 Å². The second-order valence-corrected chi connectivity index (χ2v) is 5.85. The van der Waals surface area contributed by atoms with E-state index in [1.807, 2.05) is 55.5 Å². The van der Waals surface area contributed by atoms with Crippen LogP contribution < -0.4 is 15.4 Å². The van der Waals surface area contributed by atoms with Gasteiger partial charge in [0.05, 0.1) is 20.1 Å². The van der Waals surface area contributed by atoms with Gasteiger partial charge >= 0.3 is 0 Å². The molecule has 0 atom stereocenters. The number of nitrogens with one attached hydrogen (secondary N) is 2. The minimum atomic E-state index is -0.202. The van der Waals surface area contributed by atoms with E-state index in [-0.39, 0.29) is 24.8 Å². The molecule has 2 amide bonds. The monoisotopic (exact) mass is 340 g/mol. The Kier molecular flexibility index (Phi) is 7.01. The van der Waals surface area contributed by atoms with Crippen LogP contribution in [0.4, 0.5) is 0 Å². The average Bonchev–Trinajstić information content (AvgIpc) is 2.62. The largest absolute Gasteiger partial charge is 0.496 e. The van der Waals surface area contributed by atoms with Crippen molar-refractivity contribution < 1.29 is 14.3 Å². The van der Waals surface area contributed by atoms with Gasteiger partial charge in [-0.3, -0.25) is 9.59 Å². The number of hydrogen-bond donors (Lipinski definition) is 2. The summed E-state index contributed by atoms with van der Waals surface area (Å²) in [7, 11) is 1.63. The van der Waals surface area contributed by atoms with Crippen LogP contribution in [0.5, 0.6) is 5.75 Å². The Morgan fingerprint density at radius 3 is 2.40 bits per heavy atom. The summed E-state index contributed by atoms with van der Waals surface area (Å²) >= 11 is 0. The molecule has 0 radical (unpaired) electrons. The molecule has 132 valence electrons. The molecule has 25 heavy (non-hydrogen) atoms. The highest BCUT2D eigenvalue weighted by molar-refractivity contribution is 5.85. The highest BCUT2D eigenvalue weighted by Gasteiger charge is 2.07. The van der Waals surface area contributed by atoms with Crippen molar-refractivity contribution in [2.75, 3.05) is 20.2 Å². The predicted molar refractivity (Wildman–Crippen MR) is 97.6 cm³/mol. The maximum atomic E-state index is 11.9. The van der Waals surface area contributed by atoms with Crippen LogP contribution in [0.1, 0.15) is 16.7 Å². The first kappa shape index (κ1) is 18.5. The molecule has 0 saturated heterocycles. The van der Waals surface area contributed by atoms with Gasteiger partial charge in [-0.15, -0.1) is 0 Å². The van der Waals surface area contributed by atoms with Crippen molar-refractivity contribution in [2.45, 2.75) is 19.8 Å². The van der Waals surface area contributed by atoms with Crippen molar-refractivity contribution in [3.05, 3.63) is 65.2 Å². The molecular formula is C20H24N2O3. The van der Waals surface area contributed by atoms with Crippen LogP contribution in [0.3, 0.4) is 0 Å². The van der Waals surface area contributed by atoms with Gasteiger partial charge < -0.3 is 15.4 Å². The standard InChI is InChI=1S/C20H24N2O3/c1-15-7-9-16(10-8-15)13-19(23)22-14-20(24)21-12-11-17-5-3-4-6-18(17)25-2/h3-10H,11-14H2,1-2H3,(H,21,24)(H,22,23). The van der Waals surface area contributed by atoms with Gasteiger partial charge in [-0.1, -0.05) is 48.0 Å². The lowest BCUT2D eigenvalue weighted by Crippen LogP contribution is -2.38. The molecule has 0 heterocycles. The van der Waals surface area contributed by atoms with E-state index in [0.717, 1.165) is 22.4 Å². The number of ether oxygens (including phenoxy) is 1. The predicted octanol–water partition coefficient (Wildman–Crippen LogP) is 2.02. The van der Waals surface area contributed by atoms with Crippen LogP contribution in [-0.4, -0.2) is 32.0 Å². The molecule has 0 aliphatic rings. The fourth-order valence-corrected chi connectivity index (χ4v) is 2.44. The number of para-hydroxylation sites is 1. The summed E-state index contributed by atoms with van der Waals surface area (Å²) in [4.78, 5) is 23.7. The van der Waals surface area contributed by atoms with Gasteiger partial charge in [0.15, 0.2) is 0 Å². The number of benzene rings is 2. The number of aryl methyl sites for hydroxylation is 1. The van der Waals surface area contributed by atoms with Gasteiger partial charge in [-0.05, 0) is 30.5 Å². The molecule has 0 aliphatic heterocycles. The van der Waals surface area contributed by atoms with E-state index in [9.17, 15) is 9.59 Å². The molecule has 0 aromatic heterocycles. The second-order valence-electron chi connectivity index (χ2n) is 5.85. The zero-order chi connectivity index (χ0) is 18.1. The summed E-state index contributed by atoms with van der Waals surface area (Å²) < 4.78 is 5.28. The van der Waals surface area contributed by atoms with Gasteiger partial charge in [0, 0.05) is 6.54 Å². The summed E-state index contributed by atoms with van der Waals surface area (Å²) in [5, 5.41) is 5.44. The summed E-state index contributed by atoms with van der Waals surface area (Å²) in [5.41, 5.74) is 3.12. The molecule has 2 aromatic carbocycles. The van der Waals surface area contributed by atoms with Crippen molar-refractivity contribution in [3.63, 3.8) is 0 Å². The third kappa shape index (κ3) is 6.30. The van der Waals surface area contributed by atoms with E-state index in [2.05, 4.69) is 10.6 Å². The van der Waals surface area contributed by atoms with Crippen LogP contribution in [0.2, 0.25) is 0 Å².